The minimum atomic E-state index is -0.221. The van der Waals surface area contributed by atoms with E-state index in [1.165, 1.54) is 17.6 Å². The fourth-order valence-electron chi connectivity index (χ4n) is 1.21. The molecule has 16 heavy (non-hydrogen) atoms. The van der Waals surface area contributed by atoms with Crippen molar-refractivity contribution in [1.29, 1.82) is 0 Å². The molecule has 2 aromatic heterocycles. The minimum Gasteiger partial charge on any atom is -0.469 e. The SMILES string of the molecule is Cc1occc1C(=O)Nc1nc(CCl)cs1. The highest BCUT2D eigenvalue weighted by Gasteiger charge is 2.13. The number of nitrogens with one attached hydrogen (secondary N) is 1. The third-order valence-corrected chi connectivity index (χ3v) is 3.09. The topological polar surface area (TPSA) is 55.1 Å². The molecule has 84 valence electrons. The van der Waals surface area contributed by atoms with Crippen molar-refractivity contribution in [2.24, 2.45) is 0 Å². The van der Waals surface area contributed by atoms with Gasteiger partial charge in [0.05, 0.1) is 23.4 Å². The summed E-state index contributed by atoms with van der Waals surface area (Å²) in [7, 11) is 0. The highest BCUT2D eigenvalue weighted by Crippen LogP contribution is 2.18. The second-order valence-corrected chi connectivity index (χ2v) is 4.25. The third-order valence-electron chi connectivity index (χ3n) is 2.01. The van der Waals surface area contributed by atoms with E-state index in [1.54, 1.807) is 13.0 Å². The number of alkyl halides is 1. The molecule has 1 amide bonds. The van der Waals surface area contributed by atoms with Gasteiger partial charge in [0.15, 0.2) is 5.13 Å². The number of carbonyl (C=O) groups is 1. The monoisotopic (exact) mass is 256 g/mol. The lowest BCUT2D eigenvalue weighted by molar-refractivity contribution is 0.102. The van der Waals surface area contributed by atoms with Gasteiger partial charge >= 0.3 is 0 Å². The number of furan rings is 1. The van der Waals surface area contributed by atoms with E-state index < -0.39 is 0 Å². The number of hydrogen-bond donors (Lipinski definition) is 1. The Kier molecular flexibility index (Phi) is 3.26. The Labute approximate surface area is 101 Å². The van der Waals surface area contributed by atoms with Crippen molar-refractivity contribution in [2.45, 2.75) is 12.8 Å². The number of hydrogen-bond acceptors (Lipinski definition) is 4. The van der Waals surface area contributed by atoms with Crippen molar-refractivity contribution in [2.75, 3.05) is 5.32 Å². The van der Waals surface area contributed by atoms with Crippen LogP contribution in [0.5, 0.6) is 0 Å². The maximum absolute atomic E-state index is 11.8. The largest absolute Gasteiger partial charge is 0.469 e. The molecule has 4 nitrogen and oxygen atoms in total. The Morgan fingerprint density at radius 3 is 3.06 bits per heavy atom. The van der Waals surface area contributed by atoms with E-state index in [9.17, 15) is 4.79 Å². The summed E-state index contributed by atoms with van der Waals surface area (Å²) in [5.74, 6) is 0.713. The summed E-state index contributed by atoms with van der Waals surface area (Å²) in [6, 6.07) is 1.63. The number of anilines is 1. The third kappa shape index (κ3) is 2.25. The molecule has 6 heteroatoms. The number of amides is 1. The predicted molar refractivity (Wildman–Crippen MR) is 63.1 cm³/mol. The van der Waals surface area contributed by atoms with Gasteiger partial charge in [0, 0.05) is 5.38 Å². The summed E-state index contributed by atoms with van der Waals surface area (Å²) in [6.07, 6.45) is 1.48. The van der Waals surface area contributed by atoms with Gasteiger partial charge in [0.2, 0.25) is 0 Å². The summed E-state index contributed by atoms with van der Waals surface area (Å²) in [5.41, 5.74) is 1.27. The molecule has 0 radical (unpaired) electrons. The van der Waals surface area contributed by atoms with Gasteiger partial charge in [-0.3, -0.25) is 10.1 Å². The Bertz CT molecular complexity index is 506. The molecule has 0 fully saturated rings. The maximum Gasteiger partial charge on any atom is 0.260 e. The molecule has 0 aliphatic heterocycles. The van der Waals surface area contributed by atoms with Gasteiger partial charge < -0.3 is 4.42 Å². The number of rotatable bonds is 3. The van der Waals surface area contributed by atoms with Crippen LogP contribution in [0.1, 0.15) is 21.8 Å². The normalized spacial score (nSPS) is 10.4. The number of halogens is 1. The van der Waals surface area contributed by atoms with Crippen LogP contribution in [0.2, 0.25) is 0 Å². The lowest BCUT2D eigenvalue weighted by atomic mass is 10.2. The molecule has 2 aromatic rings. The molecule has 0 aliphatic carbocycles. The molecular formula is C10H9ClN2O2S. The fourth-order valence-corrected chi connectivity index (χ4v) is 2.14. The van der Waals surface area contributed by atoms with Gasteiger partial charge in [-0.1, -0.05) is 0 Å². The van der Waals surface area contributed by atoms with E-state index in [0.717, 1.165) is 5.69 Å². The van der Waals surface area contributed by atoms with E-state index in [1.807, 2.05) is 5.38 Å². The molecule has 0 saturated carbocycles. The predicted octanol–water partition coefficient (Wildman–Crippen LogP) is 3.04. The van der Waals surface area contributed by atoms with Gasteiger partial charge in [-0.2, -0.15) is 0 Å². The average molecular weight is 257 g/mol. The van der Waals surface area contributed by atoms with Crippen LogP contribution >= 0.6 is 22.9 Å². The van der Waals surface area contributed by atoms with Crippen LogP contribution in [0.4, 0.5) is 5.13 Å². The molecule has 0 spiro atoms. The fraction of sp³-hybridized carbons (Fsp3) is 0.200. The zero-order valence-corrected chi connectivity index (χ0v) is 10.1. The van der Waals surface area contributed by atoms with Crippen molar-refractivity contribution in [3.8, 4) is 0 Å². The van der Waals surface area contributed by atoms with Gasteiger partial charge in [-0.05, 0) is 13.0 Å². The smallest absolute Gasteiger partial charge is 0.260 e. The van der Waals surface area contributed by atoms with Crippen molar-refractivity contribution in [1.82, 2.24) is 4.98 Å². The maximum atomic E-state index is 11.8. The van der Waals surface area contributed by atoms with Gasteiger partial charge in [0.25, 0.3) is 5.91 Å². The van der Waals surface area contributed by atoms with E-state index in [4.69, 9.17) is 16.0 Å². The lowest BCUT2D eigenvalue weighted by Gasteiger charge is -1.99. The lowest BCUT2D eigenvalue weighted by Crippen LogP contribution is -2.11. The summed E-state index contributed by atoms with van der Waals surface area (Å²) >= 11 is 6.97. The first-order chi connectivity index (χ1) is 7.70. The van der Waals surface area contributed by atoms with E-state index in [0.29, 0.717) is 22.3 Å². The first kappa shape index (κ1) is 11.2. The quantitative estimate of drug-likeness (QED) is 0.859. The minimum absolute atomic E-state index is 0.221. The first-order valence-electron chi connectivity index (χ1n) is 4.56. The summed E-state index contributed by atoms with van der Waals surface area (Å²) < 4.78 is 5.05. The second kappa shape index (κ2) is 4.67. The Morgan fingerprint density at radius 2 is 2.50 bits per heavy atom. The van der Waals surface area contributed by atoms with Crippen molar-refractivity contribution in [3.63, 3.8) is 0 Å². The molecule has 0 saturated heterocycles. The molecule has 2 heterocycles. The van der Waals surface area contributed by atoms with Crippen LogP contribution in [0, 0.1) is 6.92 Å². The van der Waals surface area contributed by atoms with Crippen LogP contribution in [0.15, 0.2) is 22.1 Å². The zero-order chi connectivity index (χ0) is 11.5. The van der Waals surface area contributed by atoms with Gasteiger partial charge in [0.1, 0.15) is 5.76 Å². The molecule has 0 unspecified atom stereocenters. The van der Waals surface area contributed by atoms with Crippen LogP contribution in [0.3, 0.4) is 0 Å². The second-order valence-electron chi connectivity index (χ2n) is 3.12. The average Bonchev–Trinajstić information content (AvgIpc) is 2.86. The van der Waals surface area contributed by atoms with Crippen LogP contribution in [-0.4, -0.2) is 10.9 Å². The number of thiazole rings is 1. The number of nitrogens with zero attached hydrogens (tertiary/aromatic N) is 1. The van der Waals surface area contributed by atoms with Gasteiger partial charge in [-0.15, -0.1) is 22.9 Å². The molecule has 1 N–H and O–H groups in total. The highest BCUT2D eigenvalue weighted by atomic mass is 35.5. The molecule has 0 aromatic carbocycles. The first-order valence-corrected chi connectivity index (χ1v) is 5.98. The number of carbonyl (C=O) groups excluding carboxylic acids is 1. The number of aromatic nitrogens is 1. The summed E-state index contributed by atoms with van der Waals surface area (Å²) in [4.78, 5) is 15.9. The summed E-state index contributed by atoms with van der Waals surface area (Å²) in [6.45, 7) is 1.74. The zero-order valence-electron chi connectivity index (χ0n) is 8.49. The van der Waals surface area contributed by atoms with E-state index >= 15 is 0 Å². The Morgan fingerprint density at radius 1 is 1.69 bits per heavy atom. The van der Waals surface area contributed by atoms with Crippen LogP contribution in [0.25, 0.3) is 0 Å². The molecule has 2 rings (SSSR count). The Balaban J connectivity index is 2.11. The van der Waals surface area contributed by atoms with Gasteiger partial charge in [-0.25, -0.2) is 4.98 Å². The molecule has 0 atom stereocenters. The van der Waals surface area contributed by atoms with Crippen LogP contribution < -0.4 is 5.32 Å². The van der Waals surface area contributed by atoms with Crippen LogP contribution in [-0.2, 0) is 5.88 Å². The molecule has 0 aliphatic rings. The Hall–Kier alpha value is -1.33. The van der Waals surface area contributed by atoms with E-state index in [2.05, 4.69) is 10.3 Å². The van der Waals surface area contributed by atoms with Crippen molar-refractivity contribution in [3.05, 3.63) is 34.7 Å². The number of aryl methyl sites for hydroxylation is 1. The molecule has 0 bridgehead atoms. The van der Waals surface area contributed by atoms with Crippen molar-refractivity contribution >= 4 is 34.0 Å². The molecular weight excluding hydrogens is 248 g/mol. The van der Waals surface area contributed by atoms with E-state index in [-0.39, 0.29) is 5.91 Å². The standard InChI is InChI=1S/C10H9ClN2O2S/c1-6-8(2-3-15-6)9(14)13-10-12-7(4-11)5-16-10/h2-3,5H,4H2,1H3,(H,12,13,14). The van der Waals surface area contributed by atoms with Crippen molar-refractivity contribution < 1.29 is 9.21 Å². The summed E-state index contributed by atoms with van der Waals surface area (Å²) in [5, 5.41) is 5.04. The highest BCUT2D eigenvalue weighted by molar-refractivity contribution is 7.14.